The second-order valence-electron chi connectivity index (χ2n) is 12.5. The molecule has 0 aliphatic carbocycles. The van der Waals surface area contributed by atoms with Crippen molar-refractivity contribution < 1.29 is 27.5 Å². The minimum absolute atomic E-state index is 0.0594. The van der Waals surface area contributed by atoms with E-state index in [0.29, 0.717) is 48.5 Å². The van der Waals surface area contributed by atoms with E-state index >= 15 is 0 Å². The number of aromatic nitrogens is 1. The smallest absolute Gasteiger partial charge is 0.260 e. The zero-order valence-corrected chi connectivity index (χ0v) is 30.5. The van der Waals surface area contributed by atoms with Crippen LogP contribution in [0.2, 0.25) is 10.0 Å². The Hall–Kier alpha value is -4.43. The number of pyridine rings is 1. The molecule has 1 aromatic heterocycles. The second-order valence-corrected chi connectivity index (χ2v) is 15.1. The predicted molar refractivity (Wildman–Crippen MR) is 196 cm³/mol. The number of para-hydroxylation sites is 1. The summed E-state index contributed by atoms with van der Waals surface area (Å²) in [7, 11) is -4.20. The number of fused-ring (bicyclic) bond motifs is 1. The van der Waals surface area contributed by atoms with Gasteiger partial charge in [0.25, 0.3) is 5.91 Å². The summed E-state index contributed by atoms with van der Waals surface area (Å²) in [6, 6.07) is 16.5. The monoisotopic (exact) mass is 752 g/mol. The first-order valence-corrected chi connectivity index (χ1v) is 18.7. The minimum Gasteiger partial charge on any atom is -0.487 e. The zero-order valence-electron chi connectivity index (χ0n) is 28.2. The molecule has 2 N–H and O–H groups in total. The van der Waals surface area contributed by atoms with Crippen LogP contribution in [0, 0.1) is 13.8 Å². The second kappa shape index (κ2) is 15.4. The van der Waals surface area contributed by atoms with Crippen molar-refractivity contribution in [3.8, 4) is 11.5 Å². The van der Waals surface area contributed by atoms with E-state index in [4.69, 9.17) is 38.5 Å². The number of ether oxygens (including phenoxy) is 2. The molecule has 0 radical (unpaired) electrons. The first kappa shape index (κ1) is 36.4. The molecule has 2 aliphatic heterocycles. The lowest BCUT2D eigenvalue weighted by molar-refractivity contribution is -0.142. The fraction of sp³-hybridized carbons (Fsp3) is 0.333. The van der Waals surface area contributed by atoms with E-state index in [9.17, 15) is 18.0 Å². The molecule has 51 heavy (non-hydrogen) atoms. The summed E-state index contributed by atoms with van der Waals surface area (Å²) in [6.45, 7) is 4.97. The van der Waals surface area contributed by atoms with E-state index in [1.54, 1.807) is 40.1 Å². The Labute approximate surface area is 306 Å². The van der Waals surface area contributed by atoms with Crippen molar-refractivity contribution >= 4 is 62.2 Å². The van der Waals surface area contributed by atoms with Crippen molar-refractivity contribution in [2.45, 2.75) is 44.2 Å². The largest absolute Gasteiger partial charge is 0.487 e. The lowest BCUT2D eigenvalue weighted by Gasteiger charge is -2.37. The van der Waals surface area contributed by atoms with Crippen LogP contribution in [0.4, 0.5) is 0 Å². The number of nitrogens with zero attached hydrogens (tertiary/aromatic N) is 5. The van der Waals surface area contributed by atoms with E-state index in [1.165, 1.54) is 22.7 Å². The highest BCUT2D eigenvalue weighted by molar-refractivity contribution is 7.89. The highest BCUT2D eigenvalue weighted by atomic mass is 35.5. The lowest BCUT2D eigenvalue weighted by Crippen LogP contribution is -2.55. The standard InChI is InChI=1S/C36H38Cl2N6O6S/c1-23-19-24(2)41-35-27(23)5-3-7-31(35)50-21-28-29(37)12-13-32(34(28)38)51(47,48)44-14-4-6-30(44)36(46)43-17-15-42(16-18-43)33(45)22-49-26-10-8-25(9-11-26)20-40-39/h3,5,7-13,19-20,30H,4,6,14-18,21-22,39H2,1-2H3/t30-/m0/s1. The van der Waals surface area contributed by atoms with Gasteiger partial charge in [0, 0.05) is 54.4 Å². The summed E-state index contributed by atoms with van der Waals surface area (Å²) in [4.78, 5) is 34.4. The van der Waals surface area contributed by atoms with Gasteiger partial charge in [-0.1, -0.05) is 35.3 Å². The van der Waals surface area contributed by atoms with Gasteiger partial charge in [-0.3, -0.25) is 9.59 Å². The molecular formula is C36H38Cl2N6O6S. The van der Waals surface area contributed by atoms with Gasteiger partial charge in [0.2, 0.25) is 15.9 Å². The molecule has 2 aliphatic rings. The molecule has 3 heterocycles. The number of amides is 2. The summed E-state index contributed by atoms with van der Waals surface area (Å²) >= 11 is 13.3. The number of piperazine rings is 1. The number of hydrazone groups is 1. The van der Waals surface area contributed by atoms with Gasteiger partial charge in [0.1, 0.15) is 34.6 Å². The van der Waals surface area contributed by atoms with E-state index in [-0.39, 0.29) is 59.6 Å². The molecular weight excluding hydrogens is 715 g/mol. The lowest BCUT2D eigenvalue weighted by atomic mass is 10.1. The molecule has 268 valence electrons. The van der Waals surface area contributed by atoms with Gasteiger partial charge in [0.15, 0.2) is 6.61 Å². The average Bonchev–Trinajstić information content (AvgIpc) is 3.62. The minimum atomic E-state index is -4.20. The van der Waals surface area contributed by atoms with Crippen LogP contribution in [0.25, 0.3) is 10.9 Å². The summed E-state index contributed by atoms with van der Waals surface area (Å²) in [5, 5.41) is 4.61. The highest BCUT2D eigenvalue weighted by Gasteiger charge is 2.43. The number of hydrogen-bond acceptors (Lipinski definition) is 9. The van der Waals surface area contributed by atoms with Crippen molar-refractivity contribution in [1.29, 1.82) is 0 Å². The van der Waals surface area contributed by atoms with Crippen molar-refractivity contribution in [2.24, 2.45) is 10.9 Å². The SMILES string of the molecule is Cc1cc(C)c2cccc(OCc3c(Cl)ccc(S(=O)(=O)N4CCC[C@H]4C(=O)N4CCN(C(=O)COc5ccc(C=NN)cc5)CC4)c3Cl)c2n1. The van der Waals surface area contributed by atoms with Gasteiger partial charge in [0.05, 0.1) is 11.2 Å². The van der Waals surface area contributed by atoms with Crippen LogP contribution in [0.1, 0.15) is 35.2 Å². The van der Waals surface area contributed by atoms with Gasteiger partial charge >= 0.3 is 0 Å². The molecule has 4 aromatic rings. The number of benzene rings is 3. The van der Waals surface area contributed by atoms with E-state index in [1.807, 2.05) is 32.0 Å². The van der Waals surface area contributed by atoms with Gasteiger partial charge in [-0.25, -0.2) is 13.4 Å². The molecule has 2 fully saturated rings. The first-order valence-electron chi connectivity index (χ1n) is 16.5. The van der Waals surface area contributed by atoms with Crippen LogP contribution in [-0.4, -0.2) is 90.9 Å². The summed E-state index contributed by atoms with van der Waals surface area (Å²) in [5.41, 5.74) is 3.69. The molecule has 2 saturated heterocycles. The summed E-state index contributed by atoms with van der Waals surface area (Å²) < 4.78 is 41.2. The van der Waals surface area contributed by atoms with Crippen LogP contribution in [0.15, 0.2) is 70.7 Å². The van der Waals surface area contributed by atoms with Crippen LogP contribution in [0.5, 0.6) is 11.5 Å². The number of carbonyl (C=O) groups excluding carboxylic acids is 2. The molecule has 12 nitrogen and oxygen atoms in total. The number of aryl methyl sites for hydroxylation is 2. The van der Waals surface area contributed by atoms with Crippen LogP contribution >= 0.6 is 23.2 Å². The molecule has 0 spiro atoms. The molecule has 0 bridgehead atoms. The van der Waals surface area contributed by atoms with Crippen molar-refractivity contribution in [3.05, 3.63) is 93.1 Å². The molecule has 2 amide bonds. The Balaban J connectivity index is 1.10. The maximum Gasteiger partial charge on any atom is 0.260 e. The average molecular weight is 754 g/mol. The maximum absolute atomic E-state index is 14.1. The molecule has 6 rings (SSSR count). The fourth-order valence-electron chi connectivity index (χ4n) is 6.49. The number of carbonyl (C=O) groups is 2. The maximum atomic E-state index is 14.1. The van der Waals surface area contributed by atoms with Gasteiger partial charge in [-0.05, 0) is 86.3 Å². The van der Waals surface area contributed by atoms with Crippen LogP contribution in [-0.2, 0) is 26.2 Å². The number of hydrogen-bond donors (Lipinski definition) is 1. The third-order valence-corrected chi connectivity index (χ3v) is 12.0. The Morgan fingerprint density at radius 2 is 1.71 bits per heavy atom. The van der Waals surface area contributed by atoms with Crippen molar-refractivity contribution in [1.82, 2.24) is 19.1 Å². The Morgan fingerprint density at radius 3 is 2.43 bits per heavy atom. The number of rotatable bonds is 10. The van der Waals surface area contributed by atoms with Gasteiger partial charge in [-0.15, -0.1) is 0 Å². The Kier molecular flexibility index (Phi) is 11.0. The summed E-state index contributed by atoms with van der Waals surface area (Å²) in [6.07, 6.45) is 2.39. The van der Waals surface area contributed by atoms with Gasteiger partial charge in [-0.2, -0.15) is 9.41 Å². The van der Waals surface area contributed by atoms with Crippen LogP contribution in [0.3, 0.4) is 0 Å². The molecule has 3 aromatic carbocycles. The third kappa shape index (κ3) is 7.76. The van der Waals surface area contributed by atoms with E-state index in [2.05, 4.69) is 10.1 Å². The van der Waals surface area contributed by atoms with Crippen molar-refractivity contribution in [2.75, 3.05) is 39.3 Å². The highest BCUT2D eigenvalue weighted by Crippen LogP contribution is 2.37. The van der Waals surface area contributed by atoms with Gasteiger partial charge < -0.3 is 25.1 Å². The first-order chi connectivity index (χ1) is 24.5. The van der Waals surface area contributed by atoms with Crippen LogP contribution < -0.4 is 15.3 Å². The molecule has 15 heteroatoms. The Bertz CT molecular complexity index is 2090. The number of halogens is 2. The van der Waals surface area contributed by atoms with E-state index < -0.39 is 16.1 Å². The molecule has 1 atom stereocenters. The normalized spacial score (nSPS) is 17.0. The number of sulfonamides is 1. The fourth-order valence-corrected chi connectivity index (χ4v) is 9.00. The van der Waals surface area contributed by atoms with E-state index in [0.717, 1.165) is 22.2 Å². The van der Waals surface area contributed by atoms with Crippen molar-refractivity contribution in [3.63, 3.8) is 0 Å². The molecule has 0 saturated carbocycles. The topological polar surface area (TPSA) is 148 Å². The number of nitrogens with two attached hydrogens (primary N) is 1. The quantitative estimate of drug-likeness (QED) is 0.136. The Morgan fingerprint density at radius 1 is 0.980 bits per heavy atom. The zero-order chi connectivity index (χ0) is 36.3. The molecule has 0 unspecified atom stereocenters. The predicted octanol–water partition coefficient (Wildman–Crippen LogP) is 4.93. The third-order valence-electron chi connectivity index (χ3n) is 9.15. The summed E-state index contributed by atoms with van der Waals surface area (Å²) in [5.74, 6) is 5.71.